The van der Waals surface area contributed by atoms with Crippen LogP contribution in [0, 0.1) is 13.8 Å². The summed E-state index contributed by atoms with van der Waals surface area (Å²) in [5.41, 5.74) is 5.64. The van der Waals surface area contributed by atoms with Crippen molar-refractivity contribution < 1.29 is 0 Å². The number of benzene rings is 2. The number of rotatable bonds is 4. The van der Waals surface area contributed by atoms with Crippen molar-refractivity contribution in [1.82, 2.24) is 24.6 Å². The van der Waals surface area contributed by atoms with Gasteiger partial charge < -0.3 is 19.8 Å². The molecule has 10 heteroatoms. The van der Waals surface area contributed by atoms with E-state index < -0.39 is 0 Å². The molecule has 176 valence electrons. The van der Waals surface area contributed by atoms with Crippen LogP contribution in [-0.4, -0.2) is 64.1 Å². The van der Waals surface area contributed by atoms with E-state index in [2.05, 4.69) is 47.8 Å². The molecule has 0 amide bonds. The standard InChI is InChI=1S/C24H26BrN7O2/c1-14-10-16(25)4-5-21(14)32-23(33)17(15(2)29-32)13-26-20-11-18-19(28-24(34)27-18)12-22(20)31-8-6-30(3)7-9-31/h4-5,10-13,29H,6-9H2,1-3H3,(H2,27,28,34). The number of aromatic amines is 3. The zero-order chi connectivity index (χ0) is 24.0. The largest absolute Gasteiger partial charge is 0.367 e. The van der Waals surface area contributed by atoms with E-state index in [1.165, 1.54) is 0 Å². The minimum Gasteiger partial charge on any atom is -0.367 e. The summed E-state index contributed by atoms with van der Waals surface area (Å²) in [4.78, 5) is 40.0. The normalized spacial score (nSPS) is 15.1. The molecule has 0 bridgehead atoms. The Morgan fingerprint density at radius 1 is 0.971 bits per heavy atom. The van der Waals surface area contributed by atoms with Crippen LogP contribution in [0.4, 0.5) is 11.4 Å². The van der Waals surface area contributed by atoms with Crippen LogP contribution in [0.25, 0.3) is 16.7 Å². The van der Waals surface area contributed by atoms with E-state index in [1.807, 2.05) is 44.2 Å². The molecule has 2 aromatic carbocycles. The van der Waals surface area contributed by atoms with E-state index in [0.29, 0.717) is 16.8 Å². The number of anilines is 1. The predicted octanol–water partition coefficient (Wildman–Crippen LogP) is 3.22. The Labute approximate surface area is 204 Å². The molecular formula is C24H26BrN7O2. The molecule has 2 aromatic heterocycles. The second-order valence-electron chi connectivity index (χ2n) is 8.74. The number of fused-ring (bicyclic) bond motifs is 1. The smallest absolute Gasteiger partial charge is 0.323 e. The maximum atomic E-state index is 13.2. The van der Waals surface area contributed by atoms with Gasteiger partial charge in [-0.25, -0.2) is 9.48 Å². The van der Waals surface area contributed by atoms with Crippen molar-refractivity contribution in [2.75, 3.05) is 38.1 Å². The Bertz CT molecular complexity index is 1520. The zero-order valence-corrected chi connectivity index (χ0v) is 20.9. The van der Waals surface area contributed by atoms with Crippen LogP contribution in [0.15, 0.2) is 49.4 Å². The Hall–Kier alpha value is -3.37. The molecule has 1 saturated heterocycles. The van der Waals surface area contributed by atoms with Crippen molar-refractivity contribution in [1.29, 1.82) is 0 Å². The van der Waals surface area contributed by atoms with Gasteiger partial charge in [0.05, 0.1) is 33.7 Å². The summed E-state index contributed by atoms with van der Waals surface area (Å²) in [7, 11) is 2.11. The Morgan fingerprint density at radius 2 is 1.68 bits per heavy atom. The quantitative estimate of drug-likeness (QED) is 0.357. The van der Waals surface area contributed by atoms with Gasteiger partial charge in [-0.1, -0.05) is 15.9 Å². The maximum absolute atomic E-state index is 13.2. The van der Waals surface area contributed by atoms with E-state index in [0.717, 1.165) is 58.8 Å². The molecule has 0 aliphatic carbocycles. The molecule has 0 spiro atoms. The van der Waals surface area contributed by atoms with Crippen LogP contribution >= 0.6 is 15.9 Å². The first-order valence-corrected chi connectivity index (χ1v) is 11.9. The zero-order valence-electron chi connectivity index (χ0n) is 19.3. The van der Waals surface area contributed by atoms with Crippen molar-refractivity contribution in [3.8, 4) is 5.69 Å². The fourth-order valence-electron chi connectivity index (χ4n) is 4.35. The lowest BCUT2D eigenvalue weighted by molar-refractivity contribution is 0.313. The van der Waals surface area contributed by atoms with Crippen LogP contribution in [0.5, 0.6) is 0 Å². The van der Waals surface area contributed by atoms with Gasteiger partial charge in [0.25, 0.3) is 5.56 Å². The van der Waals surface area contributed by atoms with Crippen molar-refractivity contribution in [2.24, 2.45) is 4.99 Å². The van der Waals surface area contributed by atoms with Crippen LogP contribution in [-0.2, 0) is 0 Å². The number of nitrogens with zero attached hydrogens (tertiary/aromatic N) is 4. The van der Waals surface area contributed by atoms with Crippen molar-refractivity contribution in [2.45, 2.75) is 13.8 Å². The number of aryl methyl sites for hydroxylation is 2. The molecule has 3 heterocycles. The number of imidazole rings is 1. The Morgan fingerprint density at radius 3 is 2.38 bits per heavy atom. The van der Waals surface area contributed by atoms with Crippen molar-refractivity contribution in [3.05, 3.63) is 72.5 Å². The van der Waals surface area contributed by atoms with Gasteiger partial charge in [-0.05, 0) is 56.8 Å². The number of hydrogen-bond donors (Lipinski definition) is 3. The maximum Gasteiger partial charge on any atom is 0.323 e. The average molecular weight is 524 g/mol. The van der Waals surface area contributed by atoms with Gasteiger partial charge >= 0.3 is 5.69 Å². The van der Waals surface area contributed by atoms with Crippen LogP contribution < -0.4 is 16.1 Å². The number of hydrogen-bond acceptors (Lipinski definition) is 5. The first kappa shape index (κ1) is 22.4. The molecule has 1 fully saturated rings. The Balaban J connectivity index is 1.56. The van der Waals surface area contributed by atoms with E-state index in [1.54, 1.807) is 10.9 Å². The molecule has 1 aliphatic rings. The first-order chi connectivity index (χ1) is 16.3. The summed E-state index contributed by atoms with van der Waals surface area (Å²) in [6, 6.07) is 9.60. The summed E-state index contributed by atoms with van der Waals surface area (Å²) in [6.07, 6.45) is 1.62. The molecule has 5 rings (SSSR count). The monoisotopic (exact) mass is 523 g/mol. The highest BCUT2D eigenvalue weighted by molar-refractivity contribution is 9.10. The van der Waals surface area contributed by atoms with Gasteiger partial charge in [0.1, 0.15) is 0 Å². The third-order valence-electron chi connectivity index (χ3n) is 6.30. The van der Waals surface area contributed by atoms with Crippen molar-refractivity contribution >= 4 is 44.6 Å². The molecule has 0 unspecified atom stereocenters. The SMILES string of the molecule is Cc1cc(Br)ccc1-n1[nH]c(C)c(C=Nc2cc3[nH]c(=O)[nH]c3cc2N2CCN(C)CC2)c1=O. The second kappa shape index (κ2) is 8.77. The number of aliphatic imine (C=N–C) groups is 1. The van der Waals surface area contributed by atoms with E-state index in [-0.39, 0.29) is 11.2 Å². The molecule has 34 heavy (non-hydrogen) atoms. The third kappa shape index (κ3) is 4.14. The summed E-state index contributed by atoms with van der Waals surface area (Å²) in [5, 5.41) is 3.17. The molecular weight excluding hydrogens is 498 g/mol. The lowest BCUT2D eigenvalue weighted by Gasteiger charge is -2.34. The molecule has 9 nitrogen and oxygen atoms in total. The topological polar surface area (TPSA) is 105 Å². The summed E-state index contributed by atoms with van der Waals surface area (Å²) in [6.45, 7) is 7.43. The van der Waals surface area contributed by atoms with Gasteiger partial charge in [-0.2, -0.15) is 0 Å². The summed E-state index contributed by atoms with van der Waals surface area (Å²) >= 11 is 3.47. The minimum atomic E-state index is -0.255. The van der Waals surface area contributed by atoms with E-state index >= 15 is 0 Å². The molecule has 0 radical (unpaired) electrons. The highest BCUT2D eigenvalue weighted by Crippen LogP contribution is 2.33. The molecule has 4 aromatic rings. The average Bonchev–Trinajstić information content (AvgIpc) is 3.29. The first-order valence-electron chi connectivity index (χ1n) is 11.1. The molecule has 0 saturated carbocycles. The molecule has 1 aliphatic heterocycles. The fourth-order valence-corrected chi connectivity index (χ4v) is 4.82. The highest BCUT2D eigenvalue weighted by atomic mass is 79.9. The molecule has 3 N–H and O–H groups in total. The third-order valence-corrected chi connectivity index (χ3v) is 6.80. The number of nitrogens with one attached hydrogen (secondary N) is 3. The van der Waals surface area contributed by atoms with E-state index in [9.17, 15) is 9.59 Å². The predicted molar refractivity (Wildman–Crippen MR) is 139 cm³/mol. The number of piperazine rings is 1. The summed E-state index contributed by atoms with van der Waals surface area (Å²) in [5.74, 6) is 0. The minimum absolute atomic E-state index is 0.163. The van der Waals surface area contributed by atoms with Crippen LogP contribution in [0.2, 0.25) is 0 Å². The van der Waals surface area contributed by atoms with Crippen molar-refractivity contribution in [3.63, 3.8) is 0 Å². The van der Waals surface area contributed by atoms with Gasteiger partial charge in [0.15, 0.2) is 0 Å². The second-order valence-corrected chi connectivity index (χ2v) is 9.65. The van der Waals surface area contributed by atoms with Crippen LogP contribution in [0.1, 0.15) is 16.8 Å². The van der Waals surface area contributed by atoms with Gasteiger partial charge in [0, 0.05) is 42.6 Å². The lowest BCUT2D eigenvalue weighted by atomic mass is 10.2. The van der Waals surface area contributed by atoms with Gasteiger partial charge in [0.2, 0.25) is 0 Å². The lowest BCUT2D eigenvalue weighted by Crippen LogP contribution is -2.44. The summed E-state index contributed by atoms with van der Waals surface area (Å²) < 4.78 is 2.51. The van der Waals surface area contributed by atoms with Crippen LogP contribution in [0.3, 0.4) is 0 Å². The number of likely N-dealkylation sites (N-methyl/N-ethyl adjacent to an activating group) is 1. The molecule has 0 atom stereocenters. The number of halogens is 1. The fraction of sp³-hybridized carbons (Fsp3) is 0.292. The van der Waals surface area contributed by atoms with E-state index in [4.69, 9.17) is 4.99 Å². The number of H-pyrrole nitrogens is 3. The van der Waals surface area contributed by atoms with Gasteiger partial charge in [-0.15, -0.1) is 0 Å². The highest BCUT2D eigenvalue weighted by Gasteiger charge is 2.19. The Kier molecular flexibility index (Phi) is 5.78. The van der Waals surface area contributed by atoms with Gasteiger partial charge in [-0.3, -0.25) is 14.9 Å². The number of aromatic nitrogens is 4.